The topological polar surface area (TPSA) is 127 Å². The summed E-state index contributed by atoms with van der Waals surface area (Å²) in [6.45, 7) is -0.0724. The molecule has 1 aromatic heterocycles. The smallest absolute Gasteiger partial charge is 0.307 e. The fourth-order valence-corrected chi connectivity index (χ4v) is 2.65. The molecule has 1 aliphatic carbocycles. The first-order valence-electron chi connectivity index (χ1n) is 6.82. The number of carbonyl (C=O) groups excluding carboxylic acids is 2. The van der Waals surface area contributed by atoms with E-state index in [9.17, 15) is 19.5 Å². The first kappa shape index (κ1) is 15.0. The van der Waals surface area contributed by atoms with Crippen LogP contribution in [0.3, 0.4) is 0 Å². The zero-order valence-corrected chi connectivity index (χ0v) is 11.5. The highest BCUT2D eigenvalue weighted by atomic mass is 16.4. The standard InChI is InChI=1S/C13H18N4O4/c14-11(18)7-17-6-8(5-15-17)16-12(19)9-3-1-2-4-10(9)13(20)21/h5-6,9-10H,1-4,7H2,(H2,14,18)(H,16,19)(H,20,21). The van der Waals surface area contributed by atoms with E-state index in [1.165, 1.54) is 17.1 Å². The quantitative estimate of drug-likeness (QED) is 0.714. The summed E-state index contributed by atoms with van der Waals surface area (Å²) in [5, 5.41) is 15.7. The van der Waals surface area contributed by atoms with Gasteiger partial charge in [-0.1, -0.05) is 12.8 Å². The van der Waals surface area contributed by atoms with E-state index < -0.39 is 23.7 Å². The molecule has 1 fully saturated rings. The Morgan fingerprint density at radius 3 is 2.62 bits per heavy atom. The van der Waals surface area contributed by atoms with Gasteiger partial charge in [-0.25, -0.2) is 0 Å². The van der Waals surface area contributed by atoms with Gasteiger partial charge in [0, 0.05) is 6.20 Å². The second-order valence-corrected chi connectivity index (χ2v) is 5.22. The highest BCUT2D eigenvalue weighted by Crippen LogP contribution is 2.31. The van der Waals surface area contributed by atoms with Crippen molar-refractivity contribution in [1.29, 1.82) is 0 Å². The molecule has 0 bridgehead atoms. The minimum Gasteiger partial charge on any atom is -0.481 e. The van der Waals surface area contributed by atoms with Gasteiger partial charge in [-0.3, -0.25) is 19.1 Å². The highest BCUT2D eigenvalue weighted by molar-refractivity contribution is 5.95. The number of hydrogen-bond donors (Lipinski definition) is 3. The summed E-state index contributed by atoms with van der Waals surface area (Å²) in [6, 6.07) is 0. The molecule has 2 rings (SSSR count). The number of aliphatic carboxylic acids is 1. The minimum absolute atomic E-state index is 0.0724. The van der Waals surface area contributed by atoms with Gasteiger partial charge in [0.2, 0.25) is 11.8 Å². The predicted octanol–water partition coefficient (Wildman–Crippen LogP) is 0.198. The number of carbonyl (C=O) groups is 3. The van der Waals surface area contributed by atoms with Crippen molar-refractivity contribution in [3.05, 3.63) is 12.4 Å². The van der Waals surface area contributed by atoms with Crippen LogP contribution in [0.5, 0.6) is 0 Å². The SMILES string of the molecule is NC(=O)Cn1cc(NC(=O)C2CCCCC2C(=O)O)cn1. The lowest BCUT2D eigenvalue weighted by molar-refractivity contribution is -0.147. The molecule has 0 aliphatic heterocycles. The normalized spacial score (nSPS) is 21.7. The maximum absolute atomic E-state index is 12.2. The number of rotatable bonds is 5. The molecule has 2 unspecified atom stereocenters. The van der Waals surface area contributed by atoms with E-state index in [0.717, 1.165) is 12.8 Å². The number of primary amides is 1. The molecule has 4 N–H and O–H groups in total. The molecule has 1 saturated carbocycles. The molecule has 1 aromatic rings. The Hall–Kier alpha value is -2.38. The van der Waals surface area contributed by atoms with E-state index in [2.05, 4.69) is 10.4 Å². The molecular weight excluding hydrogens is 276 g/mol. The molecule has 1 heterocycles. The fourth-order valence-electron chi connectivity index (χ4n) is 2.65. The van der Waals surface area contributed by atoms with Crippen LogP contribution in [0.2, 0.25) is 0 Å². The fraction of sp³-hybridized carbons (Fsp3) is 0.538. The minimum atomic E-state index is -0.931. The first-order valence-corrected chi connectivity index (χ1v) is 6.82. The van der Waals surface area contributed by atoms with Crippen LogP contribution in [0.15, 0.2) is 12.4 Å². The molecule has 8 nitrogen and oxygen atoms in total. The Bertz CT molecular complexity index is 554. The van der Waals surface area contributed by atoms with Crippen molar-refractivity contribution in [3.8, 4) is 0 Å². The number of carboxylic acid groups (broad SMARTS) is 1. The van der Waals surface area contributed by atoms with Crippen LogP contribution >= 0.6 is 0 Å². The summed E-state index contributed by atoms with van der Waals surface area (Å²) in [7, 11) is 0. The van der Waals surface area contributed by atoms with Gasteiger partial charge in [-0.05, 0) is 12.8 Å². The number of anilines is 1. The monoisotopic (exact) mass is 294 g/mol. The molecule has 2 amide bonds. The van der Waals surface area contributed by atoms with E-state index in [0.29, 0.717) is 18.5 Å². The Morgan fingerprint density at radius 1 is 1.33 bits per heavy atom. The lowest BCUT2D eigenvalue weighted by atomic mass is 9.78. The van der Waals surface area contributed by atoms with Gasteiger partial charge >= 0.3 is 5.97 Å². The lowest BCUT2D eigenvalue weighted by Gasteiger charge is -2.27. The molecule has 21 heavy (non-hydrogen) atoms. The van der Waals surface area contributed by atoms with E-state index >= 15 is 0 Å². The third-order valence-electron chi connectivity index (χ3n) is 3.64. The van der Waals surface area contributed by atoms with Gasteiger partial charge in [0.05, 0.1) is 23.7 Å². The molecule has 0 saturated heterocycles. The highest BCUT2D eigenvalue weighted by Gasteiger charge is 2.35. The Labute approximate surface area is 121 Å². The average Bonchev–Trinajstić information content (AvgIpc) is 2.85. The maximum Gasteiger partial charge on any atom is 0.307 e. The molecule has 0 aromatic carbocycles. The number of nitrogens with zero attached hydrogens (tertiary/aromatic N) is 2. The molecule has 2 atom stereocenters. The summed E-state index contributed by atoms with van der Waals surface area (Å²) in [4.78, 5) is 34.2. The van der Waals surface area contributed by atoms with Crippen LogP contribution in [-0.2, 0) is 20.9 Å². The first-order chi connectivity index (χ1) is 9.97. The van der Waals surface area contributed by atoms with Crippen LogP contribution in [0.25, 0.3) is 0 Å². The van der Waals surface area contributed by atoms with Crippen molar-refractivity contribution in [2.45, 2.75) is 32.2 Å². The summed E-state index contributed by atoms with van der Waals surface area (Å²) in [5.74, 6) is -2.95. The molecular formula is C13H18N4O4. The molecule has 8 heteroatoms. The van der Waals surface area contributed by atoms with Crippen LogP contribution in [-0.4, -0.2) is 32.7 Å². The van der Waals surface area contributed by atoms with Gasteiger partial charge in [0.1, 0.15) is 6.54 Å². The van der Waals surface area contributed by atoms with Crippen molar-refractivity contribution < 1.29 is 19.5 Å². The zero-order chi connectivity index (χ0) is 15.4. The van der Waals surface area contributed by atoms with Crippen molar-refractivity contribution in [2.75, 3.05) is 5.32 Å². The Balaban J connectivity index is 2.01. The van der Waals surface area contributed by atoms with Gasteiger partial charge in [0.15, 0.2) is 0 Å². The van der Waals surface area contributed by atoms with Crippen molar-refractivity contribution >= 4 is 23.5 Å². The molecule has 0 radical (unpaired) electrons. The van der Waals surface area contributed by atoms with Crippen molar-refractivity contribution in [2.24, 2.45) is 17.6 Å². The summed E-state index contributed by atoms with van der Waals surface area (Å²) in [5.41, 5.74) is 5.48. The van der Waals surface area contributed by atoms with E-state index in [1.807, 2.05) is 0 Å². The maximum atomic E-state index is 12.2. The average molecular weight is 294 g/mol. The van der Waals surface area contributed by atoms with E-state index in [-0.39, 0.29) is 12.5 Å². The van der Waals surface area contributed by atoms with E-state index in [1.54, 1.807) is 0 Å². The lowest BCUT2D eigenvalue weighted by Crippen LogP contribution is -2.35. The van der Waals surface area contributed by atoms with Crippen molar-refractivity contribution in [3.63, 3.8) is 0 Å². The summed E-state index contributed by atoms with van der Waals surface area (Å²) >= 11 is 0. The number of hydrogen-bond acceptors (Lipinski definition) is 4. The third kappa shape index (κ3) is 3.80. The number of aromatic nitrogens is 2. The predicted molar refractivity (Wildman–Crippen MR) is 73.1 cm³/mol. The summed E-state index contributed by atoms with van der Waals surface area (Å²) < 4.78 is 1.31. The van der Waals surface area contributed by atoms with Gasteiger partial charge in [-0.15, -0.1) is 0 Å². The number of amides is 2. The molecule has 114 valence electrons. The largest absolute Gasteiger partial charge is 0.481 e. The Kier molecular flexibility index (Phi) is 4.56. The number of carboxylic acids is 1. The van der Waals surface area contributed by atoms with Crippen LogP contribution in [0.1, 0.15) is 25.7 Å². The third-order valence-corrected chi connectivity index (χ3v) is 3.64. The van der Waals surface area contributed by atoms with Crippen LogP contribution in [0.4, 0.5) is 5.69 Å². The van der Waals surface area contributed by atoms with Crippen LogP contribution < -0.4 is 11.1 Å². The zero-order valence-electron chi connectivity index (χ0n) is 11.5. The number of nitrogens with two attached hydrogens (primary N) is 1. The molecule has 1 aliphatic rings. The van der Waals surface area contributed by atoms with E-state index in [4.69, 9.17) is 5.73 Å². The number of nitrogens with one attached hydrogen (secondary N) is 1. The second kappa shape index (κ2) is 6.38. The van der Waals surface area contributed by atoms with Gasteiger partial charge in [0.25, 0.3) is 0 Å². The van der Waals surface area contributed by atoms with Gasteiger partial charge in [-0.2, -0.15) is 5.10 Å². The van der Waals surface area contributed by atoms with Crippen LogP contribution in [0, 0.1) is 11.8 Å². The summed E-state index contributed by atoms with van der Waals surface area (Å²) in [6.07, 6.45) is 5.66. The Morgan fingerprint density at radius 2 is 2.00 bits per heavy atom. The van der Waals surface area contributed by atoms with Gasteiger partial charge < -0.3 is 16.2 Å². The molecule has 0 spiro atoms. The van der Waals surface area contributed by atoms with Crippen molar-refractivity contribution in [1.82, 2.24) is 9.78 Å². The second-order valence-electron chi connectivity index (χ2n) is 5.22.